The number of anilines is 1. The van der Waals surface area contributed by atoms with E-state index in [1.807, 2.05) is 0 Å². The van der Waals surface area contributed by atoms with Crippen molar-refractivity contribution in [1.29, 1.82) is 0 Å². The fraction of sp³-hybridized carbons (Fsp3) is 0. The summed E-state index contributed by atoms with van der Waals surface area (Å²) >= 11 is 0. The Morgan fingerprint density at radius 3 is 2.55 bits per heavy atom. The molecule has 0 unspecified atom stereocenters. The highest BCUT2D eigenvalue weighted by Crippen LogP contribution is 2.20. The van der Waals surface area contributed by atoms with E-state index in [0.717, 1.165) is 18.4 Å². The smallest absolute Gasteiger partial charge is 0.277 e. The summed E-state index contributed by atoms with van der Waals surface area (Å²) in [7, 11) is 0. The summed E-state index contributed by atoms with van der Waals surface area (Å²) in [5.74, 6) is -2.39. The van der Waals surface area contributed by atoms with E-state index >= 15 is 0 Å². The summed E-state index contributed by atoms with van der Waals surface area (Å²) in [6, 6.07) is 8.41. The molecule has 5 nitrogen and oxygen atoms in total. The molecule has 0 radical (unpaired) electrons. The number of nitrogens with one attached hydrogen (secondary N) is 1. The first-order chi connectivity index (χ1) is 10.6. The predicted octanol–water partition coefficient (Wildman–Crippen LogP) is 3.27. The van der Waals surface area contributed by atoms with Gasteiger partial charge in [0, 0.05) is 6.20 Å². The second-order valence-electron chi connectivity index (χ2n) is 4.30. The Morgan fingerprint density at radius 1 is 1.09 bits per heavy atom. The molecule has 0 saturated carbocycles. The lowest BCUT2D eigenvalue weighted by molar-refractivity contribution is 0.102. The molecule has 3 rings (SSSR count). The van der Waals surface area contributed by atoms with Crippen molar-refractivity contribution < 1.29 is 18.0 Å². The number of hydrogen-bond donors (Lipinski definition) is 1. The van der Waals surface area contributed by atoms with E-state index in [2.05, 4.69) is 15.3 Å². The molecule has 2 aromatic heterocycles. The average Bonchev–Trinajstić information content (AvgIpc) is 3.02. The zero-order valence-electron chi connectivity index (χ0n) is 11.1. The minimum Gasteiger partial charge on any atom is -0.442 e. The summed E-state index contributed by atoms with van der Waals surface area (Å²) in [6.45, 7) is 0. The number of carbonyl (C=O) groups excluding carboxylic acids is 1. The van der Waals surface area contributed by atoms with Gasteiger partial charge in [0.1, 0.15) is 29.3 Å². The Bertz CT molecular complexity index is 798. The van der Waals surface area contributed by atoms with Gasteiger partial charge < -0.3 is 9.73 Å². The zero-order valence-corrected chi connectivity index (χ0v) is 11.1. The second kappa shape index (κ2) is 5.72. The van der Waals surface area contributed by atoms with Crippen LogP contribution in [0.15, 0.2) is 53.3 Å². The molecule has 22 heavy (non-hydrogen) atoms. The number of aromatic nitrogens is 2. The van der Waals surface area contributed by atoms with E-state index in [9.17, 15) is 13.6 Å². The van der Waals surface area contributed by atoms with Gasteiger partial charge in [-0.05, 0) is 24.3 Å². The molecule has 0 spiro atoms. The molecular formula is C15H9F2N3O2. The number of carbonyl (C=O) groups is 1. The molecule has 0 fully saturated rings. The van der Waals surface area contributed by atoms with Crippen molar-refractivity contribution in [3.63, 3.8) is 0 Å². The molecule has 2 heterocycles. The minimum absolute atomic E-state index is 0.108. The molecule has 3 aromatic rings. The Balaban J connectivity index is 1.83. The van der Waals surface area contributed by atoms with Gasteiger partial charge in [0.05, 0.1) is 0 Å². The van der Waals surface area contributed by atoms with Crippen LogP contribution in [0.2, 0.25) is 0 Å². The molecule has 1 amide bonds. The summed E-state index contributed by atoms with van der Waals surface area (Å²) in [4.78, 5) is 20.0. The van der Waals surface area contributed by atoms with Crippen LogP contribution < -0.4 is 5.32 Å². The van der Waals surface area contributed by atoms with Crippen LogP contribution in [0.5, 0.6) is 0 Å². The molecule has 0 atom stereocenters. The van der Waals surface area contributed by atoms with Crippen molar-refractivity contribution >= 4 is 11.6 Å². The number of amides is 1. The van der Waals surface area contributed by atoms with E-state index < -0.39 is 23.2 Å². The van der Waals surface area contributed by atoms with E-state index in [4.69, 9.17) is 4.42 Å². The van der Waals surface area contributed by atoms with Crippen molar-refractivity contribution in [2.45, 2.75) is 0 Å². The summed E-state index contributed by atoms with van der Waals surface area (Å²) < 4.78 is 32.1. The van der Waals surface area contributed by atoms with E-state index in [1.54, 1.807) is 24.4 Å². The summed E-state index contributed by atoms with van der Waals surface area (Å²) in [5.41, 5.74) is -0.197. The second-order valence-corrected chi connectivity index (χ2v) is 4.30. The lowest BCUT2D eigenvalue weighted by atomic mass is 10.3. The van der Waals surface area contributed by atoms with Crippen molar-refractivity contribution in [3.8, 4) is 11.6 Å². The van der Waals surface area contributed by atoms with Crippen LogP contribution in [-0.2, 0) is 0 Å². The number of rotatable bonds is 3. The molecule has 1 aromatic carbocycles. The van der Waals surface area contributed by atoms with Gasteiger partial charge in [-0.25, -0.2) is 13.8 Å². The Hall–Kier alpha value is -3.09. The monoisotopic (exact) mass is 301 g/mol. The molecule has 0 saturated heterocycles. The zero-order chi connectivity index (χ0) is 15.5. The van der Waals surface area contributed by atoms with Gasteiger partial charge in [-0.2, -0.15) is 0 Å². The highest BCUT2D eigenvalue weighted by atomic mass is 19.1. The Labute approximate surface area is 123 Å². The highest BCUT2D eigenvalue weighted by Gasteiger charge is 2.17. The molecule has 7 heteroatoms. The fourth-order valence-corrected chi connectivity index (χ4v) is 1.78. The standard InChI is InChI=1S/C15H9F2N3O2/c16-9-4-3-5-10(17)13(9)20-14(21)12-8-22-15(19-12)11-6-1-2-7-18-11/h1-8H,(H,20,21). The number of oxazole rings is 1. The number of para-hydroxylation sites is 1. The molecule has 1 N–H and O–H groups in total. The van der Waals surface area contributed by atoms with Gasteiger partial charge in [-0.3, -0.25) is 9.78 Å². The van der Waals surface area contributed by atoms with Gasteiger partial charge in [-0.15, -0.1) is 0 Å². The lowest BCUT2D eigenvalue weighted by Crippen LogP contribution is -2.14. The normalized spacial score (nSPS) is 10.5. The van der Waals surface area contributed by atoms with Crippen molar-refractivity contribution in [1.82, 2.24) is 9.97 Å². The van der Waals surface area contributed by atoms with Crippen LogP contribution in [0.4, 0.5) is 14.5 Å². The van der Waals surface area contributed by atoms with Gasteiger partial charge in [0.15, 0.2) is 5.69 Å². The lowest BCUT2D eigenvalue weighted by Gasteiger charge is -2.05. The van der Waals surface area contributed by atoms with Crippen LogP contribution >= 0.6 is 0 Å². The number of nitrogens with zero attached hydrogens (tertiary/aromatic N) is 2. The highest BCUT2D eigenvalue weighted by molar-refractivity contribution is 6.03. The summed E-state index contributed by atoms with van der Waals surface area (Å²) in [6.07, 6.45) is 2.64. The fourth-order valence-electron chi connectivity index (χ4n) is 1.78. The van der Waals surface area contributed by atoms with Crippen LogP contribution in [0.3, 0.4) is 0 Å². The van der Waals surface area contributed by atoms with Gasteiger partial charge in [0.25, 0.3) is 5.91 Å². The topological polar surface area (TPSA) is 68.0 Å². The third-order valence-corrected chi connectivity index (χ3v) is 2.82. The van der Waals surface area contributed by atoms with Crippen LogP contribution in [-0.4, -0.2) is 15.9 Å². The predicted molar refractivity (Wildman–Crippen MR) is 74.0 cm³/mol. The largest absolute Gasteiger partial charge is 0.442 e. The maximum absolute atomic E-state index is 13.5. The first-order valence-electron chi connectivity index (χ1n) is 6.27. The molecule has 0 bridgehead atoms. The average molecular weight is 301 g/mol. The Morgan fingerprint density at radius 2 is 1.86 bits per heavy atom. The van der Waals surface area contributed by atoms with Crippen molar-refractivity contribution in [3.05, 3.63) is 66.2 Å². The van der Waals surface area contributed by atoms with Crippen LogP contribution in [0.1, 0.15) is 10.5 Å². The van der Waals surface area contributed by atoms with E-state index in [1.165, 1.54) is 6.07 Å². The summed E-state index contributed by atoms with van der Waals surface area (Å²) in [5, 5.41) is 2.13. The van der Waals surface area contributed by atoms with Gasteiger partial charge in [0.2, 0.25) is 5.89 Å². The molecule has 0 aliphatic heterocycles. The first-order valence-corrected chi connectivity index (χ1v) is 6.27. The van der Waals surface area contributed by atoms with Gasteiger partial charge >= 0.3 is 0 Å². The Kier molecular flexibility index (Phi) is 3.61. The van der Waals surface area contributed by atoms with Crippen LogP contribution in [0.25, 0.3) is 11.6 Å². The van der Waals surface area contributed by atoms with E-state index in [0.29, 0.717) is 5.69 Å². The van der Waals surface area contributed by atoms with E-state index in [-0.39, 0.29) is 11.6 Å². The first kappa shape index (κ1) is 13.9. The molecule has 110 valence electrons. The molecule has 0 aliphatic carbocycles. The third kappa shape index (κ3) is 2.69. The van der Waals surface area contributed by atoms with Crippen molar-refractivity contribution in [2.24, 2.45) is 0 Å². The SMILES string of the molecule is O=C(Nc1c(F)cccc1F)c1coc(-c2ccccn2)n1. The number of hydrogen-bond acceptors (Lipinski definition) is 4. The maximum Gasteiger partial charge on any atom is 0.277 e. The van der Waals surface area contributed by atoms with Crippen molar-refractivity contribution in [2.75, 3.05) is 5.32 Å². The minimum atomic E-state index is -0.873. The molecule has 0 aliphatic rings. The quantitative estimate of drug-likeness (QED) is 0.806. The third-order valence-electron chi connectivity index (χ3n) is 2.82. The number of halogens is 2. The van der Waals surface area contributed by atoms with Crippen LogP contribution in [0, 0.1) is 11.6 Å². The maximum atomic E-state index is 13.5. The molecular weight excluding hydrogens is 292 g/mol. The number of pyridine rings is 1. The van der Waals surface area contributed by atoms with Gasteiger partial charge in [-0.1, -0.05) is 12.1 Å². The number of benzene rings is 1.